The van der Waals surface area contributed by atoms with Gasteiger partial charge in [0.1, 0.15) is 6.54 Å². The van der Waals surface area contributed by atoms with Crippen LogP contribution in [0.1, 0.15) is 18.4 Å². The van der Waals surface area contributed by atoms with Gasteiger partial charge in [-0.1, -0.05) is 28.1 Å². The fourth-order valence-corrected chi connectivity index (χ4v) is 3.99. The second-order valence-corrected chi connectivity index (χ2v) is 7.25. The minimum Gasteiger partial charge on any atom is -0.480 e. The fraction of sp³-hybridized carbons (Fsp3) is 0.467. The van der Waals surface area contributed by atoms with E-state index >= 15 is 0 Å². The molecular weight excluding hydrogens is 354 g/mol. The lowest BCUT2D eigenvalue weighted by Crippen LogP contribution is -2.40. The molecule has 21 heavy (non-hydrogen) atoms. The van der Waals surface area contributed by atoms with Gasteiger partial charge in [0.15, 0.2) is 0 Å². The summed E-state index contributed by atoms with van der Waals surface area (Å²) in [4.78, 5) is 25.1. The first-order chi connectivity index (χ1) is 10.1. The number of amides is 1. The van der Waals surface area contributed by atoms with Crippen LogP contribution in [-0.4, -0.2) is 39.9 Å². The molecule has 0 bridgehead atoms. The quantitative estimate of drug-likeness (QED) is 0.863. The van der Waals surface area contributed by atoms with Crippen LogP contribution in [0.15, 0.2) is 28.7 Å². The normalized spacial score (nSPS) is 15.7. The molecule has 1 saturated heterocycles. The molecule has 2 rings (SSSR count). The third-order valence-corrected chi connectivity index (χ3v) is 5.01. The van der Waals surface area contributed by atoms with E-state index in [-0.39, 0.29) is 18.4 Å². The molecule has 1 fully saturated rings. The highest BCUT2D eigenvalue weighted by atomic mass is 79.9. The second-order valence-electron chi connectivity index (χ2n) is 5.10. The maximum atomic E-state index is 12.6. The number of hydrogen-bond donors (Lipinski definition) is 1. The van der Waals surface area contributed by atoms with Crippen molar-refractivity contribution in [3.05, 3.63) is 34.3 Å². The number of thioether (sulfide) groups is 1. The highest BCUT2D eigenvalue weighted by molar-refractivity contribution is 9.10. The summed E-state index contributed by atoms with van der Waals surface area (Å²) in [6, 6.07) is 7.62. The molecular formula is C15H18BrNO3S. The van der Waals surface area contributed by atoms with Crippen molar-refractivity contribution in [1.29, 1.82) is 0 Å². The maximum Gasteiger partial charge on any atom is 0.323 e. The van der Waals surface area contributed by atoms with Crippen molar-refractivity contribution in [2.24, 2.45) is 5.92 Å². The number of aliphatic carboxylic acids is 1. The molecule has 0 aromatic heterocycles. The zero-order chi connectivity index (χ0) is 15.2. The van der Waals surface area contributed by atoms with E-state index in [4.69, 9.17) is 5.11 Å². The van der Waals surface area contributed by atoms with Crippen LogP contribution in [0.25, 0.3) is 0 Å². The fourth-order valence-electron chi connectivity index (χ4n) is 2.43. The molecule has 0 unspecified atom stereocenters. The van der Waals surface area contributed by atoms with Crippen molar-refractivity contribution in [2.45, 2.75) is 19.4 Å². The molecule has 4 nitrogen and oxygen atoms in total. The van der Waals surface area contributed by atoms with E-state index in [2.05, 4.69) is 15.9 Å². The Balaban J connectivity index is 2.09. The number of carboxylic acid groups (broad SMARTS) is 1. The lowest BCUT2D eigenvalue weighted by Gasteiger charge is -2.28. The lowest BCUT2D eigenvalue weighted by atomic mass is 10.0. The van der Waals surface area contributed by atoms with E-state index in [9.17, 15) is 9.59 Å². The molecule has 1 N–H and O–H groups in total. The number of benzene rings is 1. The van der Waals surface area contributed by atoms with Gasteiger partial charge < -0.3 is 10.0 Å². The summed E-state index contributed by atoms with van der Waals surface area (Å²) in [5.74, 6) is 0.932. The molecule has 1 aliphatic heterocycles. The molecule has 0 aliphatic carbocycles. The predicted octanol–water partition coefficient (Wildman–Crippen LogP) is 3.01. The first-order valence-corrected chi connectivity index (χ1v) is 8.84. The smallest absolute Gasteiger partial charge is 0.323 e. The number of carbonyl (C=O) groups is 2. The van der Waals surface area contributed by atoms with Crippen molar-refractivity contribution >= 4 is 39.6 Å². The van der Waals surface area contributed by atoms with Crippen molar-refractivity contribution in [1.82, 2.24) is 4.90 Å². The SMILES string of the molecule is O=C(O)CN(Cc1cccc(Br)c1)C(=O)C1CCSCC1. The Kier molecular flexibility index (Phi) is 6.11. The van der Waals surface area contributed by atoms with E-state index in [0.717, 1.165) is 34.4 Å². The number of carboxylic acids is 1. The Labute approximate surface area is 137 Å². The molecule has 1 heterocycles. The van der Waals surface area contributed by atoms with Crippen LogP contribution < -0.4 is 0 Å². The lowest BCUT2D eigenvalue weighted by molar-refractivity contribution is -0.147. The minimum atomic E-state index is -0.969. The topological polar surface area (TPSA) is 57.6 Å². The summed E-state index contributed by atoms with van der Waals surface area (Å²) in [7, 11) is 0. The highest BCUT2D eigenvalue weighted by Gasteiger charge is 2.27. The van der Waals surface area contributed by atoms with Crippen LogP contribution >= 0.6 is 27.7 Å². The molecule has 0 atom stereocenters. The molecule has 0 radical (unpaired) electrons. The molecule has 1 aromatic carbocycles. The second kappa shape index (κ2) is 7.84. The zero-order valence-electron chi connectivity index (χ0n) is 11.6. The standard InChI is InChI=1S/C15H18BrNO3S/c16-13-3-1-2-11(8-13)9-17(10-14(18)19)15(20)12-4-6-21-7-5-12/h1-3,8,12H,4-7,9-10H2,(H,18,19). The van der Waals surface area contributed by atoms with Crippen molar-refractivity contribution in [2.75, 3.05) is 18.1 Å². The third-order valence-electron chi connectivity index (χ3n) is 3.47. The molecule has 6 heteroatoms. The molecule has 1 aliphatic rings. The minimum absolute atomic E-state index is 0.0299. The Morgan fingerprint density at radius 2 is 2.05 bits per heavy atom. The summed E-state index contributed by atoms with van der Waals surface area (Å²) in [5, 5.41) is 9.06. The van der Waals surface area contributed by atoms with Gasteiger partial charge in [0.05, 0.1) is 0 Å². The van der Waals surface area contributed by atoms with Gasteiger partial charge in [-0.25, -0.2) is 0 Å². The number of rotatable bonds is 5. The van der Waals surface area contributed by atoms with Crippen LogP contribution in [0.5, 0.6) is 0 Å². The van der Waals surface area contributed by atoms with Gasteiger partial charge in [-0.2, -0.15) is 11.8 Å². The molecule has 1 amide bonds. The molecule has 114 valence electrons. The Morgan fingerprint density at radius 1 is 1.33 bits per heavy atom. The van der Waals surface area contributed by atoms with Gasteiger partial charge >= 0.3 is 5.97 Å². The van der Waals surface area contributed by atoms with Crippen LogP contribution in [0.4, 0.5) is 0 Å². The van der Waals surface area contributed by atoms with Gasteiger partial charge in [0.25, 0.3) is 0 Å². The van der Waals surface area contributed by atoms with E-state index in [0.29, 0.717) is 6.54 Å². The van der Waals surface area contributed by atoms with Gasteiger partial charge in [-0.3, -0.25) is 9.59 Å². The predicted molar refractivity (Wildman–Crippen MR) is 87.2 cm³/mol. The number of carbonyl (C=O) groups excluding carboxylic acids is 1. The summed E-state index contributed by atoms with van der Waals surface area (Å²) in [5.41, 5.74) is 0.934. The molecule has 0 saturated carbocycles. The third kappa shape index (κ3) is 5.04. The first-order valence-electron chi connectivity index (χ1n) is 6.89. The maximum absolute atomic E-state index is 12.6. The van der Waals surface area contributed by atoms with Gasteiger partial charge in [0, 0.05) is 16.9 Å². The first kappa shape index (κ1) is 16.4. The van der Waals surface area contributed by atoms with E-state index in [1.165, 1.54) is 4.90 Å². The summed E-state index contributed by atoms with van der Waals surface area (Å²) < 4.78 is 0.928. The van der Waals surface area contributed by atoms with E-state index in [1.54, 1.807) is 0 Å². The van der Waals surface area contributed by atoms with Gasteiger partial charge in [-0.05, 0) is 42.0 Å². The van der Waals surface area contributed by atoms with Crippen LogP contribution in [-0.2, 0) is 16.1 Å². The summed E-state index contributed by atoms with van der Waals surface area (Å²) in [6.07, 6.45) is 1.69. The van der Waals surface area contributed by atoms with Crippen LogP contribution in [0.2, 0.25) is 0 Å². The number of halogens is 1. The number of nitrogens with zero attached hydrogens (tertiary/aromatic N) is 1. The summed E-state index contributed by atoms with van der Waals surface area (Å²) in [6.45, 7) is 0.100. The zero-order valence-corrected chi connectivity index (χ0v) is 14.0. The highest BCUT2D eigenvalue weighted by Crippen LogP contribution is 2.25. The monoisotopic (exact) mass is 371 g/mol. The Hall–Kier alpha value is -1.01. The van der Waals surface area contributed by atoms with Crippen molar-refractivity contribution in [3.63, 3.8) is 0 Å². The van der Waals surface area contributed by atoms with Gasteiger partial charge in [-0.15, -0.1) is 0 Å². The van der Waals surface area contributed by atoms with E-state index < -0.39 is 5.97 Å². The van der Waals surface area contributed by atoms with Crippen LogP contribution in [0.3, 0.4) is 0 Å². The van der Waals surface area contributed by atoms with Crippen molar-refractivity contribution in [3.8, 4) is 0 Å². The largest absolute Gasteiger partial charge is 0.480 e. The average molecular weight is 372 g/mol. The average Bonchev–Trinajstić information content (AvgIpc) is 2.46. The van der Waals surface area contributed by atoms with Crippen molar-refractivity contribution < 1.29 is 14.7 Å². The van der Waals surface area contributed by atoms with Crippen LogP contribution in [0, 0.1) is 5.92 Å². The Bertz CT molecular complexity index is 517. The van der Waals surface area contributed by atoms with Gasteiger partial charge in [0.2, 0.25) is 5.91 Å². The number of hydrogen-bond acceptors (Lipinski definition) is 3. The molecule has 1 aromatic rings. The molecule has 0 spiro atoms. The summed E-state index contributed by atoms with van der Waals surface area (Å²) >= 11 is 5.25. The van der Waals surface area contributed by atoms with E-state index in [1.807, 2.05) is 36.0 Å². The Morgan fingerprint density at radius 3 is 2.67 bits per heavy atom.